The minimum absolute atomic E-state index is 0.0126. The number of hydrogen-bond acceptors (Lipinski definition) is 5. The molecule has 0 atom stereocenters. The highest BCUT2D eigenvalue weighted by Gasteiger charge is 2.29. The van der Waals surface area contributed by atoms with E-state index >= 15 is 0 Å². The highest BCUT2D eigenvalue weighted by molar-refractivity contribution is 6.40. The van der Waals surface area contributed by atoms with Gasteiger partial charge in [-0.15, -0.1) is 0 Å². The van der Waals surface area contributed by atoms with E-state index in [4.69, 9.17) is 27.9 Å². The van der Waals surface area contributed by atoms with Gasteiger partial charge in [-0.3, -0.25) is 14.7 Å². The second kappa shape index (κ2) is 10.4. The minimum Gasteiger partial charge on any atom is -0.378 e. The Labute approximate surface area is 200 Å². The van der Waals surface area contributed by atoms with Crippen molar-refractivity contribution in [3.8, 4) is 0 Å². The third kappa shape index (κ3) is 5.40. The van der Waals surface area contributed by atoms with Crippen LogP contribution in [0.3, 0.4) is 0 Å². The number of halogens is 2. The first-order valence-corrected chi connectivity index (χ1v) is 11.4. The maximum Gasteiger partial charge on any atom is 0.320 e. The van der Waals surface area contributed by atoms with E-state index in [2.05, 4.69) is 20.8 Å². The summed E-state index contributed by atoms with van der Waals surface area (Å²) in [7, 11) is 0. The summed E-state index contributed by atoms with van der Waals surface area (Å²) in [6, 6.07) is 4.66. The second-order valence-electron chi connectivity index (χ2n) is 7.82. The molecule has 176 valence electrons. The highest BCUT2D eigenvalue weighted by atomic mass is 35.5. The molecule has 1 aromatic carbocycles. The van der Waals surface area contributed by atoms with Crippen LogP contribution in [-0.4, -0.2) is 83.3 Å². The van der Waals surface area contributed by atoms with Gasteiger partial charge >= 0.3 is 6.03 Å². The lowest BCUT2D eigenvalue weighted by atomic mass is 10.0. The summed E-state index contributed by atoms with van der Waals surface area (Å²) in [6.07, 6.45) is 2.67. The molecular weight excluding hydrogens is 471 g/mol. The highest BCUT2D eigenvalue weighted by Crippen LogP contribution is 2.26. The van der Waals surface area contributed by atoms with E-state index < -0.39 is 11.8 Å². The normalized spacial score (nSPS) is 17.0. The SMILES string of the molecule is O=C(NC1CCN(C(=O)N2CCOCC2)CC1)c1n[nH]cc1NC(=O)c1c(Cl)cccc1Cl. The molecule has 3 N–H and O–H groups in total. The second-order valence-corrected chi connectivity index (χ2v) is 8.63. The van der Waals surface area contributed by atoms with E-state index in [1.807, 2.05) is 4.90 Å². The molecular formula is C21H24Cl2N6O4. The number of H-pyrrole nitrogens is 1. The van der Waals surface area contributed by atoms with Crippen molar-refractivity contribution >= 4 is 46.7 Å². The lowest BCUT2D eigenvalue weighted by Crippen LogP contribution is -2.52. The average Bonchev–Trinajstić information content (AvgIpc) is 3.28. The van der Waals surface area contributed by atoms with Crippen LogP contribution < -0.4 is 10.6 Å². The van der Waals surface area contributed by atoms with Gasteiger partial charge in [0.15, 0.2) is 5.69 Å². The average molecular weight is 495 g/mol. The number of hydrogen-bond donors (Lipinski definition) is 3. The Morgan fingerprint density at radius 2 is 1.64 bits per heavy atom. The zero-order valence-corrected chi connectivity index (χ0v) is 19.3. The Kier molecular flexibility index (Phi) is 7.36. The summed E-state index contributed by atoms with van der Waals surface area (Å²) in [4.78, 5) is 41.7. The number of ether oxygens (including phenoxy) is 1. The summed E-state index contributed by atoms with van der Waals surface area (Å²) in [5.74, 6) is -0.967. The molecule has 0 saturated carbocycles. The Hall–Kier alpha value is -2.82. The molecule has 0 aliphatic carbocycles. The fourth-order valence-corrected chi connectivity index (χ4v) is 4.45. The molecule has 2 aromatic rings. The van der Waals surface area contributed by atoms with Gasteiger partial charge in [0.1, 0.15) is 0 Å². The molecule has 0 unspecified atom stereocenters. The van der Waals surface area contributed by atoms with Crippen molar-refractivity contribution in [3.63, 3.8) is 0 Å². The Balaban J connectivity index is 1.32. The quantitative estimate of drug-likeness (QED) is 0.603. The number of piperidine rings is 1. The van der Waals surface area contributed by atoms with Gasteiger partial charge in [-0.1, -0.05) is 29.3 Å². The first-order chi connectivity index (χ1) is 15.9. The lowest BCUT2D eigenvalue weighted by Gasteiger charge is -2.37. The first kappa shape index (κ1) is 23.3. The Morgan fingerprint density at radius 3 is 2.30 bits per heavy atom. The van der Waals surface area contributed by atoms with Gasteiger partial charge in [0.05, 0.1) is 34.5 Å². The van der Waals surface area contributed by atoms with E-state index in [1.165, 1.54) is 6.20 Å². The molecule has 3 heterocycles. The summed E-state index contributed by atoms with van der Waals surface area (Å²) >= 11 is 12.2. The summed E-state index contributed by atoms with van der Waals surface area (Å²) in [5.41, 5.74) is 0.387. The lowest BCUT2D eigenvalue weighted by molar-refractivity contribution is 0.0407. The Bertz CT molecular complexity index is 1010. The van der Waals surface area contributed by atoms with Gasteiger partial charge in [0.2, 0.25) is 0 Å². The topological polar surface area (TPSA) is 120 Å². The number of carbonyl (C=O) groups is 3. The number of aromatic amines is 1. The van der Waals surface area contributed by atoms with Crippen LogP contribution in [0.5, 0.6) is 0 Å². The fourth-order valence-electron chi connectivity index (χ4n) is 3.88. The number of aromatic nitrogens is 2. The number of nitrogens with one attached hydrogen (secondary N) is 3. The van der Waals surface area contributed by atoms with E-state index in [-0.39, 0.29) is 39.1 Å². The molecule has 4 amide bonds. The summed E-state index contributed by atoms with van der Waals surface area (Å²) in [5, 5.41) is 12.6. The van der Waals surface area contributed by atoms with Gasteiger partial charge in [-0.25, -0.2) is 4.79 Å². The predicted molar refractivity (Wildman–Crippen MR) is 123 cm³/mol. The number of morpholine rings is 1. The number of rotatable bonds is 4. The van der Waals surface area contributed by atoms with Crippen molar-refractivity contribution in [2.24, 2.45) is 0 Å². The number of anilines is 1. The van der Waals surface area contributed by atoms with E-state index in [0.717, 1.165) is 0 Å². The van der Waals surface area contributed by atoms with E-state index in [9.17, 15) is 14.4 Å². The zero-order valence-electron chi connectivity index (χ0n) is 17.8. The number of benzene rings is 1. The molecule has 1 aromatic heterocycles. The van der Waals surface area contributed by atoms with Crippen molar-refractivity contribution in [3.05, 3.63) is 45.7 Å². The largest absolute Gasteiger partial charge is 0.378 e. The fraction of sp³-hybridized carbons (Fsp3) is 0.429. The Morgan fingerprint density at radius 1 is 1.00 bits per heavy atom. The third-order valence-corrected chi connectivity index (χ3v) is 6.31. The molecule has 33 heavy (non-hydrogen) atoms. The molecule has 12 heteroatoms. The molecule has 2 aliphatic rings. The van der Waals surface area contributed by atoms with Crippen molar-refractivity contribution in [2.45, 2.75) is 18.9 Å². The minimum atomic E-state index is -0.545. The third-order valence-electron chi connectivity index (χ3n) is 5.68. The molecule has 2 saturated heterocycles. The van der Waals surface area contributed by atoms with Gasteiger partial charge in [0, 0.05) is 38.4 Å². The molecule has 0 radical (unpaired) electrons. The summed E-state index contributed by atoms with van der Waals surface area (Å²) < 4.78 is 5.30. The smallest absolute Gasteiger partial charge is 0.320 e. The van der Waals surface area contributed by atoms with Gasteiger partial charge in [-0.05, 0) is 25.0 Å². The standard InChI is InChI=1S/C21H24Cl2N6O4/c22-14-2-1-3-15(23)17(14)19(30)26-16-12-24-27-18(16)20(31)25-13-4-6-28(7-5-13)21(32)29-8-10-33-11-9-29/h1-3,12-13H,4-11H2,(H,24,27)(H,25,31)(H,26,30). The zero-order chi connectivity index (χ0) is 23.4. The van der Waals surface area contributed by atoms with Crippen LogP contribution in [0.4, 0.5) is 10.5 Å². The molecule has 2 fully saturated rings. The monoisotopic (exact) mass is 494 g/mol. The van der Waals surface area contributed by atoms with Crippen LogP contribution in [0.15, 0.2) is 24.4 Å². The number of nitrogens with zero attached hydrogens (tertiary/aromatic N) is 3. The van der Waals surface area contributed by atoms with Crippen molar-refractivity contribution < 1.29 is 19.1 Å². The van der Waals surface area contributed by atoms with E-state index in [0.29, 0.717) is 52.2 Å². The van der Waals surface area contributed by atoms with Crippen molar-refractivity contribution in [1.29, 1.82) is 0 Å². The van der Waals surface area contributed by atoms with E-state index in [1.54, 1.807) is 23.1 Å². The van der Waals surface area contributed by atoms with Crippen LogP contribution in [0, 0.1) is 0 Å². The van der Waals surface area contributed by atoms with Crippen LogP contribution in [0.2, 0.25) is 10.0 Å². The van der Waals surface area contributed by atoms with Crippen molar-refractivity contribution in [1.82, 2.24) is 25.3 Å². The molecule has 10 nitrogen and oxygen atoms in total. The summed E-state index contributed by atoms with van der Waals surface area (Å²) in [6.45, 7) is 3.42. The van der Waals surface area contributed by atoms with Gasteiger partial charge < -0.3 is 25.2 Å². The van der Waals surface area contributed by atoms with Gasteiger partial charge in [-0.2, -0.15) is 5.10 Å². The van der Waals surface area contributed by atoms with Crippen LogP contribution in [-0.2, 0) is 4.74 Å². The molecule has 4 rings (SSSR count). The number of carbonyl (C=O) groups excluding carboxylic acids is 3. The van der Waals surface area contributed by atoms with Crippen LogP contribution in [0.1, 0.15) is 33.7 Å². The first-order valence-electron chi connectivity index (χ1n) is 10.7. The molecule has 0 bridgehead atoms. The van der Waals surface area contributed by atoms with Crippen LogP contribution in [0.25, 0.3) is 0 Å². The van der Waals surface area contributed by atoms with Crippen molar-refractivity contribution in [2.75, 3.05) is 44.7 Å². The molecule has 2 aliphatic heterocycles. The number of likely N-dealkylation sites (tertiary alicyclic amines) is 1. The number of urea groups is 1. The van der Waals surface area contributed by atoms with Gasteiger partial charge in [0.25, 0.3) is 11.8 Å². The maximum atomic E-state index is 12.8. The molecule has 0 spiro atoms. The maximum absolute atomic E-state index is 12.8. The number of amides is 4. The predicted octanol–water partition coefficient (Wildman–Crippen LogP) is 2.62. The van der Waals surface area contributed by atoms with Crippen LogP contribution >= 0.6 is 23.2 Å².